The van der Waals surface area contributed by atoms with Crippen molar-refractivity contribution in [3.63, 3.8) is 0 Å². The fourth-order valence-corrected chi connectivity index (χ4v) is 4.00. The first-order chi connectivity index (χ1) is 13.7. The average Bonchev–Trinajstić information content (AvgIpc) is 3.18. The van der Waals surface area contributed by atoms with Gasteiger partial charge in [-0.1, -0.05) is 12.1 Å². The number of rotatable bonds is 2. The molecule has 0 spiro atoms. The first-order valence-electron chi connectivity index (χ1n) is 9.44. The maximum Gasteiger partial charge on any atom is 0.293 e. The molecule has 0 N–H and O–H groups in total. The van der Waals surface area contributed by atoms with Crippen LogP contribution in [-0.2, 0) is 0 Å². The quantitative estimate of drug-likeness (QED) is 0.679. The lowest BCUT2D eigenvalue weighted by molar-refractivity contribution is 0.0446. The summed E-state index contributed by atoms with van der Waals surface area (Å²) in [4.78, 5) is 35.2. The third kappa shape index (κ3) is 2.90. The molecule has 1 fully saturated rings. The largest absolute Gasteiger partial charge is 0.489 e. The Kier molecular flexibility index (Phi) is 4.03. The number of hydrogen-bond donors (Lipinski definition) is 0. The number of piperidine rings is 1. The summed E-state index contributed by atoms with van der Waals surface area (Å²) in [6.07, 6.45) is 5.18. The second-order valence-corrected chi connectivity index (χ2v) is 7.21. The predicted octanol–water partition coefficient (Wildman–Crippen LogP) is 2.01. The van der Waals surface area contributed by atoms with Crippen LogP contribution in [0.5, 0.6) is 5.75 Å². The number of aromatic nitrogens is 4. The number of nitrogens with zero attached hydrogens (tertiary/aromatic N) is 5. The molecule has 2 aromatic heterocycles. The van der Waals surface area contributed by atoms with Gasteiger partial charge < -0.3 is 9.64 Å². The topological polar surface area (TPSA) is 89.7 Å². The second-order valence-electron chi connectivity index (χ2n) is 7.21. The number of carbonyl (C=O) groups is 2. The van der Waals surface area contributed by atoms with Crippen LogP contribution in [0.3, 0.4) is 0 Å². The molecule has 8 nitrogen and oxygen atoms in total. The Balaban J connectivity index is 1.25. The van der Waals surface area contributed by atoms with Gasteiger partial charge in [-0.3, -0.25) is 9.59 Å². The molecule has 2 aliphatic rings. The third-order valence-corrected chi connectivity index (χ3v) is 5.51. The smallest absolute Gasteiger partial charge is 0.293 e. The molecule has 4 heterocycles. The van der Waals surface area contributed by atoms with E-state index in [-0.39, 0.29) is 29.5 Å². The van der Waals surface area contributed by atoms with E-state index in [2.05, 4.69) is 15.1 Å². The molecular weight excluding hydrogens is 358 g/mol. The highest BCUT2D eigenvalue weighted by Crippen LogP contribution is 2.33. The summed E-state index contributed by atoms with van der Waals surface area (Å²) in [5.74, 6) is 1.44. The molecule has 142 valence electrons. The highest BCUT2D eigenvalue weighted by Gasteiger charge is 2.35. The Bertz CT molecular complexity index is 1020. The summed E-state index contributed by atoms with van der Waals surface area (Å²) >= 11 is 0. The molecule has 1 unspecified atom stereocenters. The minimum Gasteiger partial charge on any atom is -0.489 e. The summed E-state index contributed by atoms with van der Waals surface area (Å²) in [6, 6.07) is 9.14. The van der Waals surface area contributed by atoms with E-state index < -0.39 is 0 Å². The zero-order valence-corrected chi connectivity index (χ0v) is 15.2. The molecule has 5 rings (SSSR count). The van der Waals surface area contributed by atoms with Crippen LogP contribution >= 0.6 is 0 Å². The molecule has 1 amide bonds. The van der Waals surface area contributed by atoms with Crippen LogP contribution in [0.2, 0.25) is 0 Å². The van der Waals surface area contributed by atoms with Gasteiger partial charge in [0.25, 0.3) is 11.7 Å². The molecule has 1 saturated heterocycles. The van der Waals surface area contributed by atoms with E-state index in [4.69, 9.17) is 4.74 Å². The standard InChI is InChI=1S/C20H19N5O3/c26-15-12-17(28-16-5-2-1-4-14(15)16)13-6-10-24(11-7-13)19(27)18-22-20-21-8-3-9-25(20)23-18/h1-5,8-9,13,17H,6-7,10-12H2. The van der Waals surface area contributed by atoms with Crippen LogP contribution in [0.15, 0.2) is 42.7 Å². The molecule has 1 aromatic carbocycles. The molecule has 8 heteroatoms. The van der Waals surface area contributed by atoms with Gasteiger partial charge in [-0.05, 0) is 37.0 Å². The number of fused-ring (bicyclic) bond motifs is 2. The normalized spacial score (nSPS) is 20.1. The van der Waals surface area contributed by atoms with Crippen LogP contribution in [0, 0.1) is 5.92 Å². The monoisotopic (exact) mass is 377 g/mol. The zero-order valence-electron chi connectivity index (χ0n) is 15.2. The van der Waals surface area contributed by atoms with Crippen molar-refractivity contribution in [2.24, 2.45) is 5.92 Å². The molecule has 0 bridgehead atoms. The molecule has 0 aliphatic carbocycles. The number of amides is 1. The minimum atomic E-state index is -0.185. The molecule has 0 radical (unpaired) electrons. The van der Waals surface area contributed by atoms with E-state index in [1.165, 1.54) is 4.52 Å². The summed E-state index contributed by atoms with van der Waals surface area (Å²) in [5.41, 5.74) is 0.665. The number of Topliss-reactive ketones (excluding diaryl/α,β-unsaturated/α-hetero) is 1. The maximum atomic E-state index is 12.7. The maximum absolute atomic E-state index is 12.7. The van der Waals surface area contributed by atoms with Gasteiger partial charge in [0.1, 0.15) is 11.9 Å². The molecule has 2 aliphatic heterocycles. The first kappa shape index (κ1) is 16.9. The number of carbonyl (C=O) groups excluding carboxylic acids is 2. The van der Waals surface area contributed by atoms with Gasteiger partial charge in [-0.2, -0.15) is 4.98 Å². The fourth-order valence-electron chi connectivity index (χ4n) is 4.00. The second kappa shape index (κ2) is 6.70. The zero-order chi connectivity index (χ0) is 19.1. The van der Waals surface area contributed by atoms with Crippen molar-refractivity contribution in [1.82, 2.24) is 24.5 Å². The Hall–Kier alpha value is -3.29. The van der Waals surface area contributed by atoms with Crippen molar-refractivity contribution < 1.29 is 14.3 Å². The van der Waals surface area contributed by atoms with E-state index in [0.717, 1.165) is 12.8 Å². The Morgan fingerprint density at radius 2 is 1.96 bits per heavy atom. The van der Waals surface area contributed by atoms with Gasteiger partial charge in [-0.25, -0.2) is 9.50 Å². The number of ether oxygens (including phenoxy) is 1. The lowest BCUT2D eigenvalue weighted by Crippen LogP contribution is -2.44. The molecule has 3 aromatic rings. The Labute approximate surface area is 161 Å². The Morgan fingerprint density at radius 1 is 1.14 bits per heavy atom. The number of hydrogen-bond acceptors (Lipinski definition) is 6. The molecule has 1 atom stereocenters. The van der Waals surface area contributed by atoms with Crippen LogP contribution < -0.4 is 4.74 Å². The van der Waals surface area contributed by atoms with Gasteiger partial charge in [-0.15, -0.1) is 5.10 Å². The number of para-hydroxylation sites is 1. The molecule has 28 heavy (non-hydrogen) atoms. The highest BCUT2D eigenvalue weighted by atomic mass is 16.5. The van der Waals surface area contributed by atoms with Gasteiger partial charge in [0, 0.05) is 31.9 Å². The SMILES string of the molecule is O=C1CC(C2CCN(C(=O)c3nc4ncccn4n3)CC2)Oc2ccccc21. The van der Waals surface area contributed by atoms with Crippen LogP contribution in [-0.4, -0.2) is 55.4 Å². The van der Waals surface area contributed by atoms with Crippen molar-refractivity contribution in [3.8, 4) is 5.75 Å². The summed E-state index contributed by atoms with van der Waals surface area (Å²) < 4.78 is 7.60. The number of ketones is 1. The average molecular weight is 377 g/mol. The lowest BCUT2D eigenvalue weighted by atomic mass is 9.86. The molecule has 0 saturated carbocycles. The van der Waals surface area contributed by atoms with Gasteiger partial charge in [0.05, 0.1) is 5.56 Å². The van der Waals surface area contributed by atoms with Crippen molar-refractivity contribution in [2.45, 2.75) is 25.4 Å². The lowest BCUT2D eigenvalue weighted by Gasteiger charge is -2.37. The van der Waals surface area contributed by atoms with E-state index in [1.807, 2.05) is 24.3 Å². The fraction of sp³-hybridized carbons (Fsp3) is 0.350. The minimum absolute atomic E-state index is 0.128. The van der Waals surface area contributed by atoms with Crippen LogP contribution in [0.4, 0.5) is 0 Å². The predicted molar refractivity (Wildman–Crippen MR) is 99.2 cm³/mol. The van der Waals surface area contributed by atoms with E-state index >= 15 is 0 Å². The van der Waals surface area contributed by atoms with Gasteiger partial charge in [0.2, 0.25) is 5.82 Å². The van der Waals surface area contributed by atoms with Gasteiger partial charge in [0.15, 0.2) is 5.78 Å². The van der Waals surface area contributed by atoms with Crippen molar-refractivity contribution in [2.75, 3.05) is 13.1 Å². The van der Waals surface area contributed by atoms with Crippen molar-refractivity contribution >= 4 is 17.5 Å². The van der Waals surface area contributed by atoms with Gasteiger partial charge >= 0.3 is 0 Å². The van der Waals surface area contributed by atoms with Crippen molar-refractivity contribution in [3.05, 3.63) is 54.1 Å². The van der Waals surface area contributed by atoms with Crippen LogP contribution in [0.1, 0.15) is 40.2 Å². The third-order valence-electron chi connectivity index (χ3n) is 5.51. The van der Waals surface area contributed by atoms with E-state index in [1.54, 1.807) is 23.4 Å². The summed E-state index contributed by atoms with van der Waals surface area (Å²) in [5, 5.41) is 4.21. The Morgan fingerprint density at radius 3 is 2.79 bits per heavy atom. The number of likely N-dealkylation sites (tertiary alicyclic amines) is 1. The summed E-state index contributed by atoms with van der Waals surface area (Å²) in [7, 11) is 0. The molecular formula is C20H19N5O3. The summed E-state index contributed by atoms with van der Waals surface area (Å²) in [6.45, 7) is 1.20. The van der Waals surface area contributed by atoms with Crippen LogP contribution in [0.25, 0.3) is 5.78 Å². The number of benzene rings is 1. The van der Waals surface area contributed by atoms with Crippen molar-refractivity contribution in [1.29, 1.82) is 0 Å². The van der Waals surface area contributed by atoms with E-state index in [9.17, 15) is 9.59 Å². The first-order valence-corrected chi connectivity index (χ1v) is 9.44. The van der Waals surface area contributed by atoms with E-state index in [0.29, 0.717) is 36.6 Å². The highest BCUT2D eigenvalue weighted by molar-refractivity contribution is 5.99.